The second-order valence-electron chi connectivity index (χ2n) is 3.28. The van der Waals surface area contributed by atoms with E-state index in [9.17, 15) is 0 Å². The quantitative estimate of drug-likeness (QED) is 0.728. The summed E-state index contributed by atoms with van der Waals surface area (Å²) in [5.41, 5.74) is 1.22. The summed E-state index contributed by atoms with van der Waals surface area (Å²) in [5.74, 6) is 0.761. The summed E-state index contributed by atoms with van der Waals surface area (Å²) in [6.45, 7) is 6.47. The molecule has 1 heterocycles. The van der Waals surface area contributed by atoms with Crippen molar-refractivity contribution in [1.29, 1.82) is 0 Å². The van der Waals surface area contributed by atoms with Crippen LogP contribution in [0.15, 0.2) is 23.0 Å². The van der Waals surface area contributed by atoms with Gasteiger partial charge in [0.1, 0.15) is 0 Å². The van der Waals surface area contributed by atoms with Crippen LogP contribution in [0.25, 0.3) is 0 Å². The molecule has 1 atom stereocenters. The Morgan fingerprint density at radius 2 is 2.42 bits per heavy atom. The Bertz CT molecular complexity index is 194. The third-order valence-corrected chi connectivity index (χ3v) is 2.10. The van der Waals surface area contributed by atoms with E-state index in [0.29, 0.717) is 0 Å². The molecule has 2 heteroatoms. The number of rotatable bonds is 5. The molecule has 0 spiro atoms. The van der Waals surface area contributed by atoms with Gasteiger partial charge in [-0.3, -0.25) is 0 Å². The Kier molecular flexibility index (Phi) is 3.88. The molecule has 68 valence electrons. The van der Waals surface area contributed by atoms with Crippen LogP contribution in [0.2, 0.25) is 0 Å². The summed E-state index contributed by atoms with van der Waals surface area (Å²) < 4.78 is 4.96. The highest BCUT2D eigenvalue weighted by Crippen LogP contribution is 2.01. The van der Waals surface area contributed by atoms with E-state index in [2.05, 4.69) is 19.2 Å². The summed E-state index contributed by atoms with van der Waals surface area (Å²) in [5, 5.41) is 3.38. The third-order valence-electron chi connectivity index (χ3n) is 2.10. The molecule has 0 saturated heterocycles. The molecule has 0 saturated carbocycles. The SMILES string of the molecule is CCC(C)CNCc1ccoc1. The van der Waals surface area contributed by atoms with Crippen LogP contribution in [0.4, 0.5) is 0 Å². The molecule has 1 unspecified atom stereocenters. The number of hydrogen-bond donors (Lipinski definition) is 1. The molecule has 0 aromatic carbocycles. The first-order valence-corrected chi connectivity index (χ1v) is 4.54. The van der Waals surface area contributed by atoms with E-state index in [0.717, 1.165) is 19.0 Å². The standard InChI is InChI=1S/C10H17NO/c1-3-9(2)6-11-7-10-4-5-12-8-10/h4-5,8-9,11H,3,6-7H2,1-2H3. The van der Waals surface area contributed by atoms with E-state index < -0.39 is 0 Å². The molecule has 1 rings (SSSR count). The molecule has 0 bridgehead atoms. The number of nitrogens with one attached hydrogen (secondary N) is 1. The summed E-state index contributed by atoms with van der Waals surface area (Å²) in [6.07, 6.45) is 4.72. The topological polar surface area (TPSA) is 25.2 Å². The summed E-state index contributed by atoms with van der Waals surface area (Å²) in [7, 11) is 0. The van der Waals surface area contributed by atoms with E-state index in [-0.39, 0.29) is 0 Å². The average Bonchev–Trinajstić information content (AvgIpc) is 2.57. The molecule has 0 fully saturated rings. The van der Waals surface area contributed by atoms with Gasteiger partial charge in [-0.05, 0) is 18.5 Å². The van der Waals surface area contributed by atoms with Gasteiger partial charge in [-0.2, -0.15) is 0 Å². The maximum atomic E-state index is 4.96. The van der Waals surface area contributed by atoms with Gasteiger partial charge in [-0.15, -0.1) is 0 Å². The fraction of sp³-hybridized carbons (Fsp3) is 0.600. The van der Waals surface area contributed by atoms with Crippen LogP contribution in [0, 0.1) is 5.92 Å². The van der Waals surface area contributed by atoms with Crippen molar-refractivity contribution in [3.05, 3.63) is 24.2 Å². The predicted octanol–water partition coefficient (Wildman–Crippen LogP) is 2.42. The van der Waals surface area contributed by atoms with Gasteiger partial charge in [0.05, 0.1) is 12.5 Å². The minimum atomic E-state index is 0.761. The van der Waals surface area contributed by atoms with Crippen LogP contribution in [0.3, 0.4) is 0 Å². The lowest BCUT2D eigenvalue weighted by molar-refractivity contribution is 0.497. The van der Waals surface area contributed by atoms with E-state index >= 15 is 0 Å². The summed E-state index contributed by atoms with van der Waals surface area (Å²) in [4.78, 5) is 0. The Balaban J connectivity index is 2.11. The lowest BCUT2D eigenvalue weighted by Gasteiger charge is -2.08. The van der Waals surface area contributed by atoms with Gasteiger partial charge in [-0.25, -0.2) is 0 Å². The van der Waals surface area contributed by atoms with Gasteiger partial charge >= 0.3 is 0 Å². The van der Waals surface area contributed by atoms with Crippen molar-refractivity contribution in [2.24, 2.45) is 5.92 Å². The van der Waals surface area contributed by atoms with Crippen LogP contribution in [-0.2, 0) is 6.54 Å². The Labute approximate surface area is 74.0 Å². The van der Waals surface area contributed by atoms with Crippen LogP contribution in [-0.4, -0.2) is 6.54 Å². The largest absolute Gasteiger partial charge is 0.472 e. The highest BCUT2D eigenvalue weighted by Gasteiger charge is 1.98. The summed E-state index contributed by atoms with van der Waals surface area (Å²) >= 11 is 0. The number of furan rings is 1. The average molecular weight is 167 g/mol. The first-order chi connectivity index (χ1) is 5.83. The van der Waals surface area contributed by atoms with Gasteiger partial charge in [0.2, 0.25) is 0 Å². The van der Waals surface area contributed by atoms with Crippen LogP contribution >= 0.6 is 0 Å². The fourth-order valence-corrected chi connectivity index (χ4v) is 1.00. The summed E-state index contributed by atoms with van der Waals surface area (Å²) in [6, 6.07) is 1.99. The molecular weight excluding hydrogens is 150 g/mol. The maximum absolute atomic E-state index is 4.96. The second kappa shape index (κ2) is 4.99. The molecule has 0 amide bonds. The van der Waals surface area contributed by atoms with Crippen molar-refractivity contribution in [3.63, 3.8) is 0 Å². The zero-order chi connectivity index (χ0) is 8.81. The lowest BCUT2D eigenvalue weighted by Crippen LogP contribution is -2.19. The van der Waals surface area contributed by atoms with Gasteiger partial charge in [0, 0.05) is 12.1 Å². The number of hydrogen-bond acceptors (Lipinski definition) is 2. The van der Waals surface area contributed by atoms with Crippen molar-refractivity contribution in [3.8, 4) is 0 Å². The van der Waals surface area contributed by atoms with Crippen molar-refractivity contribution in [2.75, 3.05) is 6.54 Å². The molecule has 1 N–H and O–H groups in total. The smallest absolute Gasteiger partial charge is 0.0947 e. The minimum Gasteiger partial charge on any atom is -0.472 e. The van der Waals surface area contributed by atoms with E-state index in [1.807, 2.05) is 6.07 Å². The van der Waals surface area contributed by atoms with Crippen LogP contribution < -0.4 is 5.32 Å². The zero-order valence-electron chi connectivity index (χ0n) is 7.84. The Hall–Kier alpha value is -0.760. The van der Waals surface area contributed by atoms with E-state index in [1.165, 1.54) is 12.0 Å². The molecule has 12 heavy (non-hydrogen) atoms. The first kappa shape index (κ1) is 9.33. The lowest BCUT2D eigenvalue weighted by atomic mass is 10.1. The molecular formula is C10H17NO. The molecule has 0 aliphatic rings. The fourth-order valence-electron chi connectivity index (χ4n) is 1.00. The van der Waals surface area contributed by atoms with Crippen molar-refractivity contribution < 1.29 is 4.42 Å². The first-order valence-electron chi connectivity index (χ1n) is 4.54. The highest BCUT2D eigenvalue weighted by molar-refractivity contribution is 5.04. The normalized spacial score (nSPS) is 13.2. The van der Waals surface area contributed by atoms with Crippen LogP contribution in [0.1, 0.15) is 25.8 Å². The molecule has 2 nitrogen and oxygen atoms in total. The van der Waals surface area contributed by atoms with Gasteiger partial charge in [-0.1, -0.05) is 20.3 Å². The molecule has 0 aliphatic heterocycles. The predicted molar refractivity (Wildman–Crippen MR) is 49.9 cm³/mol. The van der Waals surface area contributed by atoms with Gasteiger partial charge < -0.3 is 9.73 Å². The van der Waals surface area contributed by atoms with Crippen molar-refractivity contribution >= 4 is 0 Å². The second-order valence-corrected chi connectivity index (χ2v) is 3.28. The zero-order valence-corrected chi connectivity index (χ0v) is 7.84. The molecule has 0 aliphatic carbocycles. The molecule has 1 aromatic heterocycles. The van der Waals surface area contributed by atoms with Gasteiger partial charge in [0.25, 0.3) is 0 Å². The van der Waals surface area contributed by atoms with Crippen LogP contribution in [0.5, 0.6) is 0 Å². The van der Waals surface area contributed by atoms with Crippen molar-refractivity contribution in [1.82, 2.24) is 5.32 Å². The Morgan fingerprint density at radius 1 is 1.58 bits per heavy atom. The highest BCUT2D eigenvalue weighted by atomic mass is 16.3. The molecule has 0 radical (unpaired) electrons. The monoisotopic (exact) mass is 167 g/mol. The van der Waals surface area contributed by atoms with E-state index in [4.69, 9.17) is 4.42 Å². The Morgan fingerprint density at radius 3 is 3.00 bits per heavy atom. The van der Waals surface area contributed by atoms with Gasteiger partial charge in [0.15, 0.2) is 0 Å². The minimum absolute atomic E-state index is 0.761. The molecule has 1 aromatic rings. The van der Waals surface area contributed by atoms with Crippen molar-refractivity contribution in [2.45, 2.75) is 26.8 Å². The van der Waals surface area contributed by atoms with E-state index in [1.54, 1.807) is 12.5 Å². The third kappa shape index (κ3) is 3.09. The maximum Gasteiger partial charge on any atom is 0.0947 e.